The van der Waals surface area contributed by atoms with Gasteiger partial charge in [-0.25, -0.2) is 9.37 Å². The number of hydrogen-bond acceptors (Lipinski definition) is 3. The van der Waals surface area contributed by atoms with Gasteiger partial charge in [-0.2, -0.15) is 0 Å². The normalized spacial score (nSPS) is 10.8. The lowest BCUT2D eigenvalue weighted by Crippen LogP contribution is -2.23. The molecule has 0 saturated heterocycles. The van der Waals surface area contributed by atoms with E-state index in [1.165, 1.54) is 17.0 Å². The van der Waals surface area contributed by atoms with Crippen LogP contribution in [-0.4, -0.2) is 15.5 Å². The molecule has 1 aromatic heterocycles. The molecule has 0 spiro atoms. The van der Waals surface area contributed by atoms with Crippen LogP contribution in [-0.2, 0) is 11.3 Å². The number of halogens is 1. The van der Waals surface area contributed by atoms with E-state index in [1.54, 1.807) is 25.1 Å². The topological polar surface area (TPSA) is 64.0 Å². The smallest absolute Gasteiger partial charge is 0.261 e. The minimum absolute atomic E-state index is 0.0917. The minimum Gasteiger partial charge on any atom is -0.326 e. The molecular formula is C19H18FN3O2. The molecule has 1 amide bonds. The van der Waals surface area contributed by atoms with Crippen molar-refractivity contribution in [2.24, 2.45) is 0 Å². The van der Waals surface area contributed by atoms with Crippen molar-refractivity contribution in [3.63, 3.8) is 0 Å². The molecule has 6 heteroatoms. The third-order valence-corrected chi connectivity index (χ3v) is 4.09. The van der Waals surface area contributed by atoms with Crippen LogP contribution in [0.15, 0.2) is 47.5 Å². The molecule has 0 bridgehead atoms. The summed E-state index contributed by atoms with van der Waals surface area (Å²) in [6, 6.07) is 9.95. The molecule has 0 aliphatic heterocycles. The van der Waals surface area contributed by atoms with Crippen LogP contribution in [0.4, 0.5) is 10.1 Å². The number of aromatic nitrogens is 2. The van der Waals surface area contributed by atoms with Crippen LogP contribution in [0.3, 0.4) is 0 Å². The number of benzene rings is 2. The maximum absolute atomic E-state index is 13.5. The number of nitrogens with one attached hydrogen (secondary N) is 1. The standard InChI is InChI=1S/C19H18FN3O2/c1-12-6-7-14(10-16(12)20)22-17(24)8-9-23-11-21-18-13(2)4-3-5-15(18)19(23)25/h3-7,10-11H,8-9H2,1-2H3,(H,22,24). The van der Waals surface area contributed by atoms with E-state index >= 15 is 0 Å². The molecule has 0 aliphatic carbocycles. The Morgan fingerprint density at radius 3 is 2.76 bits per heavy atom. The SMILES string of the molecule is Cc1ccc(NC(=O)CCn2cnc3c(C)cccc3c2=O)cc1F. The van der Waals surface area contributed by atoms with Crippen molar-refractivity contribution in [3.8, 4) is 0 Å². The average Bonchev–Trinajstić information content (AvgIpc) is 2.58. The van der Waals surface area contributed by atoms with Crippen molar-refractivity contribution >= 4 is 22.5 Å². The largest absolute Gasteiger partial charge is 0.326 e. The second-order valence-corrected chi connectivity index (χ2v) is 5.98. The molecule has 5 nitrogen and oxygen atoms in total. The molecule has 0 fully saturated rings. The molecule has 0 atom stereocenters. The number of hydrogen-bond donors (Lipinski definition) is 1. The lowest BCUT2D eigenvalue weighted by atomic mass is 10.1. The fourth-order valence-corrected chi connectivity index (χ4v) is 2.61. The van der Waals surface area contributed by atoms with Crippen LogP contribution in [0, 0.1) is 19.7 Å². The van der Waals surface area contributed by atoms with Gasteiger partial charge in [0.25, 0.3) is 5.56 Å². The zero-order valence-electron chi connectivity index (χ0n) is 14.0. The highest BCUT2D eigenvalue weighted by Gasteiger charge is 2.09. The summed E-state index contributed by atoms with van der Waals surface area (Å²) in [5.41, 5.74) is 2.34. The number of fused-ring (bicyclic) bond motifs is 1. The summed E-state index contributed by atoms with van der Waals surface area (Å²) in [5.74, 6) is -0.664. The molecule has 0 radical (unpaired) electrons. The summed E-state index contributed by atoms with van der Waals surface area (Å²) in [5, 5.41) is 3.16. The number of nitrogens with zero attached hydrogens (tertiary/aromatic N) is 2. The van der Waals surface area contributed by atoms with Crippen molar-refractivity contribution in [2.45, 2.75) is 26.8 Å². The molecule has 1 N–H and O–H groups in total. The number of carbonyl (C=O) groups excluding carboxylic acids is 1. The summed E-state index contributed by atoms with van der Waals surface area (Å²) in [6.45, 7) is 3.75. The molecule has 3 rings (SSSR count). The summed E-state index contributed by atoms with van der Waals surface area (Å²) in [7, 11) is 0. The highest BCUT2D eigenvalue weighted by Crippen LogP contribution is 2.14. The van der Waals surface area contributed by atoms with Gasteiger partial charge in [-0.3, -0.25) is 14.2 Å². The van der Waals surface area contributed by atoms with E-state index in [-0.39, 0.29) is 30.2 Å². The van der Waals surface area contributed by atoms with Crippen molar-refractivity contribution in [1.29, 1.82) is 0 Å². The molecule has 3 aromatic rings. The summed E-state index contributed by atoms with van der Waals surface area (Å²) < 4.78 is 14.9. The Morgan fingerprint density at radius 2 is 2.00 bits per heavy atom. The first-order chi connectivity index (χ1) is 12.0. The van der Waals surface area contributed by atoms with Gasteiger partial charge >= 0.3 is 0 Å². The van der Waals surface area contributed by atoms with Crippen LogP contribution < -0.4 is 10.9 Å². The highest BCUT2D eigenvalue weighted by atomic mass is 19.1. The quantitative estimate of drug-likeness (QED) is 0.794. The first-order valence-corrected chi connectivity index (χ1v) is 7.96. The lowest BCUT2D eigenvalue weighted by Gasteiger charge is -2.09. The van der Waals surface area contributed by atoms with E-state index in [9.17, 15) is 14.0 Å². The fourth-order valence-electron chi connectivity index (χ4n) is 2.61. The summed E-state index contributed by atoms with van der Waals surface area (Å²) in [6.07, 6.45) is 1.55. The van der Waals surface area contributed by atoms with Crippen LogP contribution in [0.1, 0.15) is 17.5 Å². The van der Waals surface area contributed by atoms with Gasteiger partial charge in [0, 0.05) is 18.7 Å². The van der Waals surface area contributed by atoms with Crippen LogP contribution in [0.25, 0.3) is 10.9 Å². The van der Waals surface area contributed by atoms with Gasteiger partial charge in [-0.15, -0.1) is 0 Å². The van der Waals surface area contributed by atoms with E-state index in [0.717, 1.165) is 5.56 Å². The first kappa shape index (κ1) is 16.8. The minimum atomic E-state index is -0.372. The maximum atomic E-state index is 13.5. The van der Waals surface area contributed by atoms with E-state index < -0.39 is 0 Å². The zero-order valence-corrected chi connectivity index (χ0v) is 14.0. The zero-order chi connectivity index (χ0) is 18.0. The molecule has 0 saturated carbocycles. The van der Waals surface area contributed by atoms with Gasteiger partial charge in [0.05, 0.1) is 17.2 Å². The molecule has 128 valence electrons. The molecule has 25 heavy (non-hydrogen) atoms. The van der Waals surface area contributed by atoms with Gasteiger partial charge < -0.3 is 5.32 Å². The second kappa shape index (κ2) is 6.84. The number of aryl methyl sites for hydroxylation is 3. The Kier molecular flexibility index (Phi) is 4.61. The molecule has 1 heterocycles. The van der Waals surface area contributed by atoms with Crippen molar-refractivity contribution in [2.75, 3.05) is 5.32 Å². The van der Waals surface area contributed by atoms with Crippen LogP contribution in [0.5, 0.6) is 0 Å². The van der Waals surface area contributed by atoms with E-state index in [2.05, 4.69) is 10.3 Å². The van der Waals surface area contributed by atoms with E-state index in [1.807, 2.05) is 19.1 Å². The lowest BCUT2D eigenvalue weighted by molar-refractivity contribution is -0.116. The molecule has 0 aliphatic rings. The van der Waals surface area contributed by atoms with Crippen molar-refractivity contribution in [3.05, 3.63) is 70.0 Å². The predicted octanol–water partition coefficient (Wildman–Crippen LogP) is 3.18. The van der Waals surface area contributed by atoms with Crippen molar-refractivity contribution in [1.82, 2.24) is 9.55 Å². The molecular weight excluding hydrogens is 321 g/mol. The summed E-state index contributed by atoms with van der Waals surface area (Å²) in [4.78, 5) is 28.8. The van der Waals surface area contributed by atoms with Gasteiger partial charge in [-0.05, 0) is 43.2 Å². The van der Waals surface area contributed by atoms with Crippen molar-refractivity contribution < 1.29 is 9.18 Å². The van der Waals surface area contributed by atoms with Gasteiger partial charge in [0.15, 0.2) is 0 Å². The van der Waals surface area contributed by atoms with Gasteiger partial charge in [0.1, 0.15) is 5.82 Å². The predicted molar refractivity (Wildman–Crippen MR) is 95.1 cm³/mol. The third kappa shape index (κ3) is 3.57. The van der Waals surface area contributed by atoms with Gasteiger partial charge in [-0.1, -0.05) is 18.2 Å². The van der Waals surface area contributed by atoms with Gasteiger partial charge in [0.2, 0.25) is 5.91 Å². The first-order valence-electron chi connectivity index (χ1n) is 7.96. The molecule has 2 aromatic carbocycles. The van der Waals surface area contributed by atoms with Crippen LogP contribution in [0.2, 0.25) is 0 Å². The average molecular weight is 339 g/mol. The Balaban J connectivity index is 1.72. The number of rotatable bonds is 4. The Labute approximate surface area is 144 Å². The number of anilines is 1. The van der Waals surface area contributed by atoms with E-state index in [4.69, 9.17) is 0 Å². The fraction of sp³-hybridized carbons (Fsp3) is 0.211. The monoisotopic (exact) mass is 339 g/mol. The number of amides is 1. The third-order valence-electron chi connectivity index (χ3n) is 4.09. The second-order valence-electron chi connectivity index (χ2n) is 5.98. The summed E-state index contributed by atoms with van der Waals surface area (Å²) >= 11 is 0. The number of carbonyl (C=O) groups is 1. The Bertz CT molecular complexity index is 1010. The number of para-hydroxylation sites is 1. The van der Waals surface area contributed by atoms with E-state index in [0.29, 0.717) is 22.2 Å². The van der Waals surface area contributed by atoms with Crippen LogP contribution >= 0.6 is 0 Å². The molecule has 0 unspecified atom stereocenters. The Morgan fingerprint density at radius 1 is 1.20 bits per heavy atom. The highest BCUT2D eigenvalue weighted by molar-refractivity contribution is 5.90. The Hall–Kier alpha value is -3.02. The maximum Gasteiger partial charge on any atom is 0.261 e.